The van der Waals surface area contributed by atoms with Gasteiger partial charge < -0.3 is 10.1 Å². The van der Waals surface area contributed by atoms with Crippen molar-refractivity contribution in [3.05, 3.63) is 54.4 Å². The number of carbonyl (C=O) groups is 2. The third-order valence-electron chi connectivity index (χ3n) is 4.42. The van der Waals surface area contributed by atoms with E-state index in [2.05, 4.69) is 20.3 Å². The molecular formula is C20H25N5O3. The van der Waals surface area contributed by atoms with Crippen LogP contribution in [0.4, 0.5) is 4.79 Å². The lowest BCUT2D eigenvalue weighted by molar-refractivity contribution is -0.0285. The molecule has 28 heavy (non-hydrogen) atoms. The maximum Gasteiger partial charge on any atom is 0.412 e. The van der Waals surface area contributed by atoms with Gasteiger partial charge in [-0.25, -0.2) is 14.8 Å². The van der Waals surface area contributed by atoms with E-state index in [1.807, 2.05) is 26.8 Å². The summed E-state index contributed by atoms with van der Waals surface area (Å²) in [5.41, 5.74) is -1.21. The number of nitrogens with one attached hydrogen (secondary N) is 1. The molecule has 2 aromatic rings. The fraction of sp³-hybridized carbons (Fsp3) is 0.450. The van der Waals surface area contributed by atoms with Crippen LogP contribution in [0.3, 0.4) is 0 Å². The van der Waals surface area contributed by atoms with Gasteiger partial charge in [0.2, 0.25) is 5.82 Å². The molecule has 0 radical (unpaired) electrons. The summed E-state index contributed by atoms with van der Waals surface area (Å²) in [4.78, 5) is 40.0. The quantitative estimate of drug-likeness (QED) is 0.875. The smallest absolute Gasteiger partial charge is 0.412 e. The standard InChI is InChI=1S/C20H25N5O3/c1-19(2,3)28-18(27)25-14-7-5-10-20(25,15-9-4-6-11-21-15)24-17(26)16-22-12-8-13-23-16/h4,6,8-9,11-13H,5,7,10,14H2,1-3H3,(H,24,26). The second-order valence-electron chi connectivity index (χ2n) is 7.69. The molecule has 1 aliphatic rings. The summed E-state index contributed by atoms with van der Waals surface area (Å²) in [6.07, 6.45) is 6.31. The number of carbonyl (C=O) groups excluding carboxylic acids is 2. The molecule has 2 amide bonds. The average molecular weight is 383 g/mol. The van der Waals surface area contributed by atoms with Crippen LogP contribution in [0.5, 0.6) is 0 Å². The third-order valence-corrected chi connectivity index (χ3v) is 4.42. The summed E-state index contributed by atoms with van der Waals surface area (Å²) < 4.78 is 5.62. The zero-order valence-corrected chi connectivity index (χ0v) is 16.4. The number of ether oxygens (including phenoxy) is 1. The maximum atomic E-state index is 13.0. The summed E-state index contributed by atoms with van der Waals surface area (Å²) in [6, 6.07) is 7.06. The minimum Gasteiger partial charge on any atom is -0.444 e. The minimum atomic E-state index is -1.13. The van der Waals surface area contributed by atoms with E-state index in [0.717, 1.165) is 12.8 Å². The van der Waals surface area contributed by atoms with E-state index in [-0.39, 0.29) is 5.82 Å². The molecule has 0 aliphatic carbocycles. The van der Waals surface area contributed by atoms with E-state index in [1.54, 1.807) is 29.3 Å². The molecule has 0 aromatic carbocycles. The molecule has 148 valence electrons. The zero-order valence-electron chi connectivity index (χ0n) is 16.4. The van der Waals surface area contributed by atoms with Gasteiger partial charge in [-0.3, -0.25) is 14.7 Å². The molecular weight excluding hydrogens is 358 g/mol. The van der Waals surface area contributed by atoms with Crippen molar-refractivity contribution in [2.75, 3.05) is 6.54 Å². The van der Waals surface area contributed by atoms with Crippen molar-refractivity contribution in [1.29, 1.82) is 0 Å². The van der Waals surface area contributed by atoms with Crippen molar-refractivity contribution in [3.8, 4) is 0 Å². The van der Waals surface area contributed by atoms with E-state index in [4.69, 9.17) is 4.74 Å². The molecule has 2 aromatic heterocycles. The van der Waals surface area contributed by atoms with Gasteiger partial charge in [0.05, 0.1) is 5.69 Å². The van der Waals surface area contributed by atoms with Crippen LogP contribution in [-0.2, 0) is 10.4 Å². The maximum absolute atomic E-state index is 13.0. The third kappa shape index (κ3) is 4.27. The van der Waals surface area contributed by atoms with Crippen molar-refractivity contribution in [3.63, 3.8) is 0 Å². The van der Waals surface area contributed by atoms with Gasteiger partial charge in [-0.05, 0) is 58.2 Å². The highest BCUT2D eigenvalue weighted by Crippen LogP contribution is 2.35. The summed E-state index contributed by atoms with van der Waals surface area (Å²) in [5.74, 6) is -0.436. The van der Waals surface area contributed by atoms with Crippen LogP contribution < -0.4 is 5.32 Å². The first kappa shape index (κ1) is 19.7. The van der Waals surface area contributed by atoms with Gasteiger partial charge in [-0.2, -0.15) is 0 Å². The van der Waals surface area contributed by atoms with Crippen LogP contribution in [0, 0.1) is 0 Å². The number of nitrogens with zero attached hydrogens (tertiary/aromatic N) is 4. The van der Waals surface area contributed by atoms with E-state index in [9.17, 15) is 9.59 Å². The summed E-state index contributed by atoms with van der Waals surface area (Å²) in [5, 5.41) is 2.98. The van der Waals surface area contributed by atoms with Crippen molar-refractivity contribution in [1.82, 2.24) is 25.2 Å². The number of likely N-dealkylation sites (tertiary alicyclic amines) is 1. The number of piperidine rings is 1. The van der Waals surface area contributed by atoms with Crippen molar-refractivity contribution < 1.29 is 14.3 Å². The van der Waals surface area contributed by atoms with Gasteiger partial charge >= 0.3 is 6.09 Å². The van der Waals surface area contributed by atoms with E-state index >= 15 is 0 Å². The molecule has 3 rings (SSSR count). The van der Waals surface area contributed by atoms with Gasteiger partial charge in [0.15, 0.2) is 5.66 Å². The Morgan fingerprint density at radius 3 is 2.43 bits per heavy atom. The Labute approximate surface area is 164 Å². The number of aromatic nitrogens is 3. The first-order valence-electron chi connectivity index (χ1n) is 9.33. The average Bonchev–Trinajstić information content (AvgIpc) is 2.68. The van der Waals surface area contributed by atoms with Crippen molar-refractivity contribution in [2.45, 2.75) is 51.3 Å². The summed E-state index contributed by atoms with van der Waals surface area (Å²) in [6.45, 7) is 5.89. The predicted molar refractivity (Wildman–Crippen MR) is 102 cm³/mol. The fourth-order valence-corrected chi connectivity index (χ4v) is 3.27. The highest BCUT2D eigenvalue weighted by atomic mass is 16.6. The van der Waals surface area contributed by atoms with Crippen LogP contribution in [0.2, 0.25) is 0 Å². The van der Waals surface area contributed by atoms with Crippen LogP contribution in [0.1, 0.15) is 56.3 Å². The molecule has 8 heteroatoms. The lowest BCUT2D eigenvalue weighted by Gasteiger charge is -2.46. The van der Waals surface area contributed by atoms with Crippen molar-refractivity contribution >= 4 is 12.0 Å². The molecule has 1 N–H and O–H groups in total. The Morgan fingerprint density at radius 1 is 1.07 bits per heavy atom. The molecule has 3 heterocycles. The Kier molecular flexibility index (Phi) is 5.58. The van der Waals surface area contributed by atoms with E-state index in [0.29, 0.717) is 18.7 Å². The molecule has 0 spiro atoms. The highest BCUT2D eigenvalue weighted by molar-refractivity contribution is 5.91. The number of rotatable bonds is 3. The van der Waals surface area contributed by atoms with Crippen LogP contribution in [0.25, 0.3) is 0 Å². The van der Waals surface area contributed by atoms with Gasteiger partial charge in [-0.1, -0.05) is 6.07 Å². The van der Waals surface area contributed by atoms with Crippen LogP contribution in [-0.4, -0.2) is 44.0 Å². The second-order valence-corrected chi connectivity index (χ2v) is 7.69. The second kappa shape index (κ2) is 7.92. The van der Waals surface area contributed by atoms with E-state index in [1.165, 1.54) is 12.4 Å². The molecule has 8 nitrogen and oxygen atoms in total. The Hall–Kier alpha value is -3.03. The first-order chi connectivity index (χ1) is 13.3. The van der Waals surface area contributed by atoms with Crippen LogP contribution in [0.15, 0.2) is 42.9 Å². The van der Waals surface area contributed by atoms with Gasteiger partial charge in [0.25, 0.3) is 5.91 Å². The normalized spacial score (nSPS) is 19.8. The lowest BCUT2D eigenvalue weighted by atomic mass is 9.91. The molecule has 1 aliphatic heterocycles. The highest BCUT2D eigenvalue weighted by Gasteiger charge is 2.47. The minimum absolute atomic E-state index is 0.0347. The first-order valence-corrected chi connectivity index (χ1v) is 9.33. The molecule has 1 atom stereocenters. The molecule has 0 bridgehead atoms. The van der Waals surface area contributed by atoms with Gasteiger partial charge in [0, 0.05) is 25.1 Å². The number of amides is 2. The SMILES string of the molecule is CC(C)(C)OC(=O)N1CCCCC1(NC(=O)c1ncccn1)c1ccccn1. The monoisotopic (exact) mass is 383 g/mol. The zero-order chi connectivity index (χ0) is 20.2. The fourth-order valence-electron chi connectivity index (χ4n) is 3.27. The predicted octanol–water partition coefficient (Wildman–Crippen LogP) is 2.88. The van der Waals surface area contributed by atoms with Crippen LogP contribution >= 0.6 is 0 Å². The Balaban J connectivity index is 2.01. The van der Waals surface area contributed by atoms with E-state index < -0.39 is 23.3 Å². The number of hydrogen-bond acceptors (Lipinski definition) is 6. The molecule has 0 saturated carbocycles. The molecule has 1 unspecified atom stereocenters. The largest absolute Gasteiger partial charge is 0.444 e. The van der Waals surface area contributed by atoms with Gasteiger partial charge in [-0.15, -0.1) is 0 Å². The Morgan fingerprint density at radius 2 is 1.79 bits per heavy atom. The van der Waals surface area contributed by atoms with Crippen molar-refractivity contribution in [2.24, 2.45) is 0 Å². The number of hydrogen-bond donors (Lipinski definition) is 1. The number of pyridine rings is 1. The topological polar surface area (TPSA) is 97.3 Å². The molecule has 1 fully saturated rings. The summed E-state index contributed by atoms with van der Waals surface area (Å²) in [7, 11) is 0. The molecule has 1 saturated heterocycles. The Bertz CT molecular complexity index is 823. The lowest BCUT2D eigenvalue weighted by Crippen LogP contribution is -2.63. The summed E-state index contributed by atoms with van der Waals surface area (Å²) >= 11 is 0. The van der Waals surface area contributed by atoms with Gasteiger partial charge in [0.1, 0.15) is 5.60 Å².